The first kappa shape index (κ1) is 13.6. The highest BCUT2D eigenvalue weighted by molar-refractivity contribution is 6.30. The fraction of sp³-hybridized carbons (Fsp3) is 0.500. The van der Waals surface area contributed by atoms with Crippen molar-refractivity contribution >= 4 is 24.0 Å². The summed E-state index contributed by atoms with van der Waals surface area (Å²) in [6, 6.07) is 5.00. The van der Waals surface area contributed by atoms with Crippen LogP contribution in [0.5, 0.6) is 5.75 Å². The zero-order chi connectivity index (χ0) is 10.8. The molecule has 2 nitrogen and oxygen atoms in total. The van der Waals surface area contributed by atoms with Gasteiger partial charge in [-0.3, -0.25) is 0 Å². The first-order valence-electron chi connectivity index (χ1n) is 5.42. The number of hydrogen-bond acceptors (Lipinski definition) is 2. The Kier molecular flexibility index (Phi) is 4.90. The molecule has 0 amide bonds. The van der Waals surface area contributed by atoms with Crippen LogP contribution in [0.25, 0.3) is 0 Å². The van der Waals surface area contributed by atoms with Gasteiger partial charge in [-0.2, -0.15) is 0 Å². The quantitative estimate of drug-likeness (QED) is 0.854. The second-order valence-corrected chi connectivity index (χ2v) is 4.71. The molecule has 0 spiro atoms. The van der Waals surface area contributed by atoms with E-state index in [2.05, 4.69) is 0 Å². The van der Waals surface area contributed by atoms with Gasteiger partial charge >= 0.3 is 0 Å². The molecule has 0 heterocycles. The summed E-state index contributed by atoms with van der Waals surface area (Å²) in [6.07, 6.45) is 4.82. The molecule has 0 aromatic heterocycles. The summed E-state index contributed by atoms with van der Waals surface area (Å²) in [7, 11) is 0. The molecule has 16 heavy (non-hydrogen) atoms. The normalized spacial score (nSPS) is 18.1. The summed E-state index contributed by atoms with van der Waals surface area (Å²) in [4.78, 5) is 0. The summed E-state index contributed by atoms with van der Waals surface area (Å²) in [5.74, 6) is 0.758. The third kappa shape index (κ3) is 2.82. The van der Waals surface area contributed by atoms with Gasteiger partial charge in [-0.25, -0.2) is 0 Å². The molecule has 1 aromatic rings. The van der Waals surface area contributed by atoms with Crippen LogP contribution in [0.2, 0.25) is 5.02 Å². The minimum atomic E-state index is -0.0776. The predicted octanol–water partition coefficient (Wildman–Crippen LogP) is 3.66. The average Bonchev–Trinajstić information content (AvgIpc) is 2.74. The number of aromatic hydroxyl groups is 1. The topological polar surface area (TPSA) is 46.2 Å². The largest absolute Gasteiger partial charge is 0.508 e. The minimum Gasteiger partial charge on any atom is -0.508 e. The summed E-state index contributed by atoms with van der Waals surface area (Å²) < 4.78 is 0. The second-order valence-electron chi connectivity index (χ2n) is 4.27. The Morgan fingerprint density at radius 3 is 2.56 bits per heavy atom. The molecule has 0 unspecified atom stereocenters. The number of halogens is 2. The van der Waals surface area contributed by atoms with Crippen molar-refractivity contribution in [1.29, 1.82) is 0 Å². The Hall–Kier alpha value is -0.440. The molecule has 2 rings (SSSR count). The lowest BCUT2D eigenvalue weighted by Crippen LogP contribution is -2.19. The van der Waals surface area contributed by atoms with Crippen LogP contribution in [0.3, 0.4) is 0 Å². The van der Waals surface area contributed by atoms with Crippen molar-refractivity contribution < 1.29 is 5.11 Å². The van der Waals surface area contributed by atoms with Crippen LogP contribution in [-0.2, 0) is 0 Å². The first-order valence-corrected chi connectivity index (χ1v) is 5.80. The SMILES string of the molecule is Cl.N[C@@H](c1cc(Cl)ccc1O)C1CCCC1. The molecule has 0 radical (unpaired) electrons. The lowest BCUT2D eigenvalue weighted by Gasteiger charge is -2.20. The highest BCUT2D eigenvalue weighted by Gasteiger charge is 2.25. The van der Waals surface area contributed by atoms with Crippen LogP contribution in [0, 0.1) is 5.92 Å². The van der Waals surface area contributed by atoms with Crippen LogP contribution >= 0.6 is 24.0 Å². The highest BCUT2D eigenvalue weighted by atomic mass is 35.5. The summed E-state index contributed by atoms with van der Waals surface area (Å²) in [5.41, 5.74) is 6.94. The van der Waals surface area contributed by atoms with Crippen molar-refractivity contribution in [3.05, 3.63) is 28.8 Å². The van der Waals surface area contributed by atoms with Gasteiger partial charge in [-0.05, 0) is 37.0 Å². The van der Waals surface area contributed by atoms with Crippen molar-refractivity contribution in [3.63, 3.8) is 0 Å². The van der Waals surface area contributed by atoms with Gasteiger partial charge in [-0.1, -0.05) is 24.4 Å². The van der Waals surface area contributed by atoms with Gasteiger partial charge in [0.25, 0.3) is 0 Å². The molecule has 1 atom stereocenters. The van der Waals surface area contributed by atoms with Crippen molar-refractivity contribution in [1.82, 2.24) is 0 Å². The van der Waals surface area contributed by atoms with E-state index in [0.717, 1.165) is 18.4 Å². The fourth-order valence-corrected chi connectivity index (χ4v) is 2.54. The monoisotopic (exact) mass is 261 g/mol. The van der Waals surface area contributed by atoms with Crippen LogP contribution in [0.1, 0.15) is 37.3 Å². The lowest BCUT2D eigenvalue weighted by atomic mass is 9.92. The maximum absolute atomic E-state index is 9.73. The number of rotatable bonds is 2. The van der Waals surface area contributed by atoms with Gasteiger partial charge in [0.15, 0.2) is 0 Å². The number of phenols is 1. The molecular formula is C12H17Cl2NO. The van der Waals surface area contributed by atoms with Crippen molar-refractivity contribution in [2.24, 2.45) is 11.7 Å². The van der Waals surface area contributed by atoms with Crippen LogP contribution in [-0.4, -0.2) is 5.11 Å². The zero-order valence-corrected chi connectivity index (χ0v) is 10.6. The number of nitrogens with two attached hydrogens (primary N) is 1. The number of phenolic OH excluding ortho intramolecular Hbond substituents is 1. The van der Waals surface area contributed by atoms with Crippen LogP contribution < -0.4 is 5.73 Å². The molecule has 1 saturated carbocycles. The maximum atomic E-state index is 9.73. The molecule has 1 aliphatic rings. The Morgan fingerprint density at radius 2 is 1.94 bits per heavy atom. The molecule has 4 heteroatoms. The third-order valence-electron chi connectivity index (χ3n) is 3.26. The van der Waals surface area contributed by atoms with E-state index in [1.165, 1.54) is 12.8 Å². The molecule has 0 saturated heterocycles. The molecular weight excluding hydrogens is 245 g/mol. The summed E-state index contributed by atoms with van der Waals surface area (Å²) in [6.45, 7) is 0. The standard InChI is InChI=1S/C12H16ClNO.ClH/c13-9-5-6-11(15)10(7-9)12(14)8-3-1-2-4-8;/h5-8,12,15H,1-4,14H2;1H/t12-;/m1./s1. The van der Waals surface area contributed by atoms with Gasteiger partial charge in [0, 0.05) is 16.6 Å². The van der Waals surface area contributed by atoms with Crippen LogP contribution in [0.15, 0.2) is 18.2 Å². The van der Waals surface area contributed by atoms with Gasteiger partial charge in [0.05, 0.1) is 0 Å². The Balaban J connectivity index is 0.00000128. The molecule has 3 N–H and O–H groups in total. The molecule has 90 valence electrons. The maximum Gasteiger partial charge on any atom is 0.120 e. The van der Waals surface area contributed by atoms with Crippen molar-refractivity contribution in [3.8, 4) is 5.75 Å². The smallest absolute Gasteiger partial charge is 0.120 e. The Labute approximate surface area is 107 Å². The van der Waals surface area contributed by atoms with Gasteiger partial charge in [-0.15, -0.1) is 12.4 Å². The average molecular weight is 262 g/mol. The van der Waals surface area contributed by atoms with Crippen molar-refractivity contribution in [2.45, 2.75) is 31.7 Å². The predicted molar refractivity (Wildman–Crippen MR) is 69.3 cm³/mol. The van der Waals surface area contributed by atoms with E-state index in [-0.39, 0.29) is 24.2 Å². The van der Waals surface area contributed by atoms with E-state index < -0.39 is 0 Å². The van der Waals surface area contributed by atoms with E-state index in [4.69, 9.17) is 17.3 Å². The fourth-order valence-electron chi connectivity index (χ4n) is 2.36. The van der Waals surface area contributed by atoms with E-state index in [0.29, 0.717) is 10.9 Å². The molecule has 1 aromatic carbocycles. The Bertz CT molecular complexity index is 351. The third-order valence-corrected chi connectivity index (χ3v) is 3.49. The number of hydrogen-bond donors (Lipinski definition) is 2. The van der Waals surface area contributed by atoms with Gasteiger partial charge in [0.2, 0.25) is 0 Å². The van der Waals surface area contributed by atoms with E-state index >= 15 is 0 Å². The lowest BCUT2D eigenvalue weighted by molar-refractivity contribution is 0.412. The molecule has 0 aliphatic heterocycles. The number of benzene rings is 1. The van der Waals surface area contributed by atoms with Crippen LogP contribution in [0.4, 0.5) is 0 Å². The van der Waals surface area contributed by atoms with Crippen molar-refractivity contribution in [2.75, 3.05) is 0 Å². The minimum absolute atomic E-state index is 0. The van der Waals surface area contributed by atoms with E-state index in [1.54, 1.807) is 18.2 Å². The Morgan fingerprint density at radius 1 is 1.31 bits per heavy atom. The molecule has 1 fully saturated rings. The van der Waals surface area contributed by atoms with Gasteiger partial charge in [0.1, 0.15) is 5.75 Å². The van der Waals surface area contributed by atoms with E-state index in [1.807, 2.05) is 0 Å². The van der Waals surface area contributed by atoms with Gasteiger partial charge < -0.3 is 10.8 Å². The molecule has 1 aliphatic carbocycles. The first-order chi connectivity index (χ1) is 7.18. The highest BCUT2D eigenvalue weighted by Crippen LogP contribution is 2.37. The molecule has 0 bridgehead atoms. The summed E-state index contributed by atoms with van der Waals surface area (Å²) >= 11 is 5.90. The van der Waals surface area contributed by atoms with E-state index in [9.17, 15) is 5.11 Å². The summed E-state index contributed by atoms with van der Waals surface area (Å²) in [5, 5.41) is 10.4. The second kappa shape index (κ2) is 5.76. The zero-order valence-electron chi connectivity index (χ0n) is 9.03.